The maximum atomic E-state index is 6.59. The fourth-order valence-corrected chi connectivity index (χ4v) is 4.90. The number of hydrogen-bond donors (Lipinski definition) is 1. The second-order valence-electron chi connectivity index (χ2n) is 8.00. The lowest BCUT2D eigenvalue weighted by Gasteiger charge is -2.55. The fourth-order valence-electron chi connectivity index (χ4n) is 4.90. The Labute approximate surface area is 124 Å². The number of nitrogens with two attached hydrogens (primary N) is 1. The van der Waals surface area contributed by atoms with Crippen LogP contribution in [0.3, 0.4) is 0 Å². The van der Waals surface area contributed by atoms with E-state index >= 15 is 0 Å². The Hall–Kier alpha value is -0.0800. The molecule has 20 heavy (non-hydrogen) atoms. The van der Waals surface area contributed by atoms with Crippen LogP contribution in [0.2, 0.25) is 0 Å². The van der Waals surface area contributed by atoms with Crippen LogP contribution >= 0.6 is 0 Å². The summed E-state index contributed by atoms with van der Waals surface area (Å²) in [5.74, 6) is 1.71. The van der Waals surface area contributed by atoms with Crippen molar-refractivity contribution in [1.29, 1.82) is 0 Å². The fraction of sp³-hybridized carbons (Fsp3) is 1.00. The van der Waals surface area contributed by atoms with E-state index < -0.39 is 0 Å². The largest absolute Gasteiger partial charge is 0.374 e. The van der Waals surface area contributed by atoms with Gasteiger partial charge in [-0.3, -0.25) is 0 Å². The van der Waals surface area contributed by atoms with E-state index in [2.05, 4.69) is 13.8 Å². The van der Waals surface area contributed by atoms with Crippen molar-refractivity contribution in [1.82, 2.24) is 0 Å². The second-order valence-corrected chi connectivity index (χ2v) is 8.00. The van der Waals surface area contributed by atoms with Crippen molar-refractivity contribution in [3.63, 3.8) is 0 Å². The molecule has 0 radical (unpaired) electrons. The summed E-state index contributed by atoms with van der Waals surface area (Å²) in [4.78, 5) is 0. The molecule has 3 aliphatic rings. The molecular weight excluding hydrogens is 246 g/mol. The van der Waals surface area contributed by atoms with Crippen molar-refractivity contribution in [3.8, 4) is 0 Å². The van der Waals surface area contributed by atoms with Crippen molar-refractivity contribution < 1.29 is 4.74 Å². The lowest BCUT2D eigenvalue weighted by molar-refractivity contribution is -0.172. The van der Waals surface area contributed by atoms with Crippen molar-refractivity contribution >= 4 is 0 Å². The summed E-state index contributed by atoms with van der Waals surface area (Å²) < 4.78 is 6.59. The highest BCUT2D eigenvalue weighted by Gasteiger charge is 2.54. The van der Waals surface area contributed by atoms with Gasteiger partial charge in [0.25, 0.3) is 0 Å². The van der Waals surface area contributed by atoms with Gasteiger partial charge in [-0.2, -0.15) is 0 Å². The SMILES string of the molecule is CC1CCC(OC2CC(N)C23CCCCCC3)CC1C. The average molecular weight is 279 g/mol. The van der Waals surface area contributed by atoms with Gasteiger partial charge in [-0.05, 0) is 50.4 Å². The minimum absolute atomic E-state index is 0.350. The predicted octanol–water partition coefficient (Wildman–Crippen LogP) is 4.27. The highest BCUT2D eigenvalue weighted by atomic mass is 16.5. The van der Waals surface area contributed by atoms with E-state index in [0.29, 0.717) is 23.7 Å². The average Bonchev–Trinajstić information content (AvgIpc) is 2.70. The molecule has 3 aliphatic carbocycles. The molecule has 3 fully saturated rings. The molecule has 2 nitrogen and oxygen atoms in total. The van der Waals surface area contributed by atoms with Gasteiger partial charge in [0.1, 0.15) is 0 Å². The lowest BCUT2D eigenvalue weighted by atomic mass is 9.58. The van der Waals surface area contributed by atoms with Gasteiger partial charge >= 0.3 is 0 Å². The molecule has 0 aromatic heterocycles. The molecule has 0 bridgehead atoms. The zero-order chi connectivity index (χ0) is 14.2. The quantitative estimate of drug-likeness (QED) is 0.819. The number of rotatable bonds is 2. The van der Waals surface area contributed by atoms with Crippen LogP contribution in [-0.2, 0) is 4.74 Å². The molecule has 0 saturated heterocycles. The molecule has 3 saturated carbocycles. The molecule has 0 aromatic carbocycles. The molecule has 0 heterocycles. The van der Waals surface area contributed by atoms with E-state index in [1.165, 1.54) is 57.8 Å². The third kappa shape index (κ3) is 2.66. The van der Waals surface area contributed by atoms with Crippen LogP contribution in [0.1, 0.15) is 78.1 Å². The summed E-state index contributed by atoms with van der Waals surface area (Å²) in [6, 6.07) is 0.408. The van der Waals surface area contributed by atoms with Crippen LogP contribution in [0.25, 0.3) is 0 Å². The van der Waals surface area contributed by atoms with Gasteiger partial charge in [-0.25, -0.2) is 0 Å². The maximum absolute atomic E-state index is 6.59. The van der Waals surface area contributed by atoms with Gasteiger partial charge in [-0.15, -0.1) is 0 Å². The Kier molecular flexibility index (Phi) is 4.42. The summed E-state index contributed by atoms with van der Waals surface area (Å²) in [7, 11) is 0. The first-order valence-electron chi connectivity index (χ1n) is 9.03. The first-order chi connectivity index (χ1) is 9.62. The summed E-state index contributed by atoms with van der Waals surface area (Å²) in [6.45, 7) is 4.79. The molecule has 5 unspecified atom stereocenters. The van der Waals surface area contributed by atoms with Crippen LogP contribution in [-0.4, -0.2) is 18.2 Å². The van der Waals surface area contributed by atoms with Crippen molar-refractivity contribution in [2.45, 2.75) is 96.3 Å². The third-order valence-electron chi connectivity index (χ3n) is 6.79. The van der Waals surface area contributed by atoms with Crippen LogP contribution in [0, 0.1) is 17.3 Å². The molecule has 1 spiro atoms. The lowest BCUT2D eigenvalue weighted by Crippen LogP contribution is -2.62. The van der Waals surface area contributed by atoms with Crippen LogP contribution in [0.5, 0.6) is 0 Å². The first-order valence-corrected chi connectivity index (χ1v) is 9.03. The Balaban J connectivity index is 1.60. The van der Waals surface area contributed by atoms with Crippen LogP contribution in [0.15, 0.2) is 0 Å². The maximum Gasteiger partial charge on any atom is 0.0664 e. The van der Waals surface area contributed by atoms with Gasteiger partial charge < -0.3 is 10.5 Å². The van der Waals surface area contributed by atoms with E-state index in [9.17, 15) is 0 Å². The van der Waals surface area contributed by atoms with Gasteiger partial charge in [-0.1, -0.05) is 39.5 Å². The Morgan fingerprint density at radius 1 is 0.900 bits per heavy atom. The van der Waals surface area contributed by atoms with Gasteiger partial charge in [0.05, 0.1) is 12.2 Å². The Morgan fingerprint density at radius 2 is 1.60 bits per heavy atom. The molecule has 2 N–H and O–H groups in total. The Morgan fingerprint density at radius 3 is 2.20 bits per heavy atom. The van der Waals surface area contributed by atoms with E-state index in [1.807, 2.05) is 0 Å². The van der Waals surface area contributed by atoms with Gasteiger partial charge in [0, 0.05) is 11.5 Å². The van der Waals surface area contributed by atoms with E-state index in [1.54, 1.807) is 0 Å². The standard InChI is InChI=1S/C18H33NO/c1-13-7-8-15(11-14(13)2)20-17-12-16(19)18(17)9-5-3-4-6-10-18/h13-17H,3-12,19H2,1-2H3. The topological polar surface area (TPSA) is 35.2 Å². The normalized spacial score (nSPS) is 44.9. The van der Waals surface area contributed by atoms with Crippen molar-refractivity contribution in [2.75, 3.05) is 0 Å². The molecule has 5 atom stereocenters. The number of ether oxygens (including phenoxy) is 1. The second kappa shape index (κ2) is 5.96. The molecule has 3 rings (SSSR count). The Bertz CT molecular complexity index is 321. The summed E-state index contributed by atoms with van der Waals surface area (Å²) in [5, 5.41) is 0. The molecule has 0 aliphatic heterocycles. The molecular formula is C18H33NO. The van der Waals surface area contributed by atoms with E-state index in [0.717, 1.165) is 18.3 Å². The summed E-state index contributed by atoms with van der Waals surface area (Å²) in [6.07, 6.45) is 14.2. The van der Waals surface area contributed by atoms with Crippen molar-refractivity contribution in [3.05, 3.63) is 0 Å². The number of hydrogen-bond acceptors (Lipinski definition) is 2. The third-order valence-corrected chi connectivity index (χ3v) is 6.79. The summed E-state index contributed by atoms with van der Waals surface area (Å²) in [5.41, 5.74) is 6.77. The van der Waals surface area contributed by atoms with E-state index in [-0.39, 0.29) is 0 Å². The predicted molar refractivity (Wildman–Crippen MR) is 83.6 cm³/mol. The molecule has 0 amide bonds. The summed E-state index contributed by atoms with van der Waals surface area (Å²) >= 11 is 0. The highest BCUT2D eigenvalue weighted by molar-refractivity contribution is 5.07. The molecule has 116 valence electrons. The highest BCUT2D eigenvalue weighted by Crippen LogP contribution is 2.52. The zero-order valence-electron chi connectivity index (χ0n) is 13.4. The van der Waals surface area contributed by atoms with Crippen molar-refractivity contribution in [2.24, 2.45) is 23.0 Å². The van der Waals surface area contributed by atoms with Gasteiger partial charge in [0.15, 0.2) is 0 Å². The smallest absolute Gasteiger partial charge is 0.0664 e. The molecule has 2 heteroatoms. The van der Waals surface area contributed by atoms with Crippen LogP contribution < -0.4 is 5.73 Å². The molecule has 0 aromatic rings. The minimum Gasteiger partial charge on any atom is -0.374 e. The minimum atomic E-state index is 0.350. The zero-order valence-corrected chi connectivity index (χ0v) is 13.4. The van der Waals surface area contributed by atoms with Crippen LogP contribution in [0.4, 0.5) is 0 Å². The monoisotopic (exact) mass is 279 g/mol. The van der Waals surface area contributed by atoms with E-state index in [4.69, 9.17) is 10.5 Å². The van der Waals surface area contributed by atoms with Gasteiger partial charge in [0.2, 0.25) is 0 Å². The first kappa shape index (κ1) is 14.8.